The molecule has 1 fully saturated rings. The topological polar surface area (TPSA) is 72.6 Å². The van der Waals surface area contributed by atoms with Crippen molar-refractivity contribution in [3.05, 3.63) is 53.5 Å². The first-order valence-corrected chi connectivity index (χ1v) is 9.91. The molecule has 3 aromatic rings. The SMILES string of the molecule is COc1cc(OC)c2cc(C(=O)NC3(c4ccc(F)cc4)CCCC3)[nH]c2c1OC. The highest BCUT2D eigenvalue weighted by molar-refractivity contribution is 6.02. The molecule has 1 aliphatic rings. The van der Waals surface area contributed by atoms with Crippen LogP contribution in [0.25, 0.3) is 10.9 Å². The van der Waals surface area contributed by atoms with Crippen molar-refractivity contribution in [2.24, 2.45) is 0 Å². The zero-order valence-corrected chi connectivity index (χ0v) is 17.3. The Hall–Kier alpha value is -3.22. The highest BCUT2D eigenvalue weighted by Gasteiger charge is 2.37. The maximum Gasteiger partial charge on any atom is 0.268 e. The molecule has 1 aliphatic carbocycles. The number of aromatic amines is 1. The molecule has 1 heterocycles. The quantitative estimate of drug-likeness (QED) is 0.624. The third kappa shape index (κ3) is 3.34. The molecule has 0 aliphatic heterocycles. The van der Waals surface area contributed by atoms with E-state index in [1.54, 1.807) is 45.6 Å². The third-order valence-corrected chi connectivity index (χ3v) is 5.89. The Kier molecular flexibility index (Phi) is 5.28. The molecular formula is C23H25FN2O4. The van der Waals surface area contributed by atoms with E-state index in [9.17, 15) is 9.18 Å². The van der Waals surface area contributed by atoms with Gasteiger partial charge in [0.2, 0.25) is 0 Å². The van der Waals surface area contributed by atoms with Gasteiger partial charge in [-0.25, -0.2) is 4.39 Å². The van der Waals surface area contributed by atoms with Crippen LogP contribution in [-0.2, 0) is 5.54 Å². The molecule has 2 N–H and O–H groups in total. The van der Waals surface area contributed by atoms with Crippen LogP contribution in [0.4, 0.5) is 4.39 Å². The number of rotatable bonds is 6. The van der Waals surface area contributed by atoms with Crippen LogP contribution in [0.1, 0.15) is 41.7 Å². The number of fused-ring (bicyclic) bond motifs is 1. The van der Waals surface area contributed by atoms with Crippen LogP contribution in [0.3, 0.4) is 0 Å². The van der Waals surface area contributed by atoms with E-state index in [0.717, 1.165) is 36.6 Å². The van der Waals surface area contributed by atoms with Crippen molar-refractivity contribution in [2.45, 2.75) is 31.2 Å². The summed E-state index contributed by atoms with van der Waals surface area (Å²) in [6.07, 6.45) is 3.63. The van der Waals surface area contributed by atoms with Gasteiger partial charge in [0, 0.05) is 11.5 Å². The van der Waals surface area contributed by atoms with Gasteiger partial charge in [-0.3, -0.25) is 4.79 Å². The lowest BCUT2D eigenvalue weighted by Gasteiger charge is -2.31. The predicted octanol–water partition coefficient (Wildman–Crippen LogP) is 4.53. The highest BCUT2D eigenvalue weighted by atomic mass is 19.1. The van der Waals surface area contributed by atoms with Crippen molar-refractivity contribution in [2.75, 3.05) is 21.3 Å². The molecule has 6 nitrogen and oxygen atoms in total. The molecule has 0 bridgehead atoms. The van der Waals surface area contributed by atoms with Crippen LogP contribution >= 0.6 is 0 Å². The van der Waals surface area contributed by atoms with Gasteiger partial charge < -0.3 is 24.5 Å². The van der Waals surface area contributed by atoms with E-state index in [-0.39, 0.29) is 11.7 Å². The lowest BCUT2D eigenvalue weighted by molar-refractivity contribution is 0.0894. The van der Waals surface area contributed by atoms with Crippen molar-refractivity contribution in [1.29, 1.82) is 0 Å². The first-order valence-electron chi connectivity index (χ1n) is 9.91. The Labute approximate surface area is 174 Å². The fraction of sp³-hybridized carbons (Fsp3) is 0.348. The number of nitrogens with one attached hydrogen (secondary N) is 2. The minimum Gasteiger partial charge on any atom is -0.496 e. The maximum atomic E-state index is 13.4. The second-order valence-electron chi connectivity index (χ2n) is 7.54. The number of carbonyl (C=O) groups excluding carboxylic acids is 1. The number of H-pyrrole nitrogens is 1. The van der Waals surface area contributed by atoms with Gasteiger partial charge >= 0.3 is 0 Å². The smallest absolute Gasteiger partial charge is 0.268 e. The molecule has 0 spiro atoms. The molecule has 0 atom stereocenters. The van der Waals surface area contributed by atoms with Gasteiger partial charge in [0.05, 0.1) is 32.4 Å². The van der Waals surface area contributed by atoms with Gasteiger partial charge in [0.15, 0.2) is 11.5 Å². The van der Waals surface area contributed by atoms with E-state index in [0.29, 0.717) is 28.5 Å². The molecule has 1 amide bonds. The zero-order valence-electron chi connectivity index (χ0n) is 17.3. The molecule has 30 heavy (non-hydrogen) atoms. The molecule has 158 valence electrons. The molecule has 4 rings (SSSR count). The predicted molar refractivity (Wildman–Crippen MR) is 112 cm³/mol. The summed E-state index contributed by atoms with van der Waals surface area (Å²) in [5.41, 5.74) is 1.43. The van der Waals surface area contributed by atoms with Gasteiger partial charge in [0.25, 0.3) is 5.91 Å². The summed E-state index contributed by atoms with van der Waals surface area (Å²) in [5, 5.41) is 3.93. The fourth-order valence-corrected chi connectivity index (χ4v) is 4.38. The molecule has 2 aromatic carbocycles. The molecule has 1 saturated carbocycles. The summed E-state index contributed by atoms with van der Waals surface area (Å²) in [7, 11) is 4.66. The minimum atomic E-state index is -0.506. The molecule has 7 heteroatoms. The van der Waals surface area contributed by atoms with E-state index < -0.39 is 5.54 Å². The van der Waals surface area contributed by atoms with Crippen LogP contribution in [-0.4, -0.2) is 32.2 Å². The molecule has 1 aromatic heterocycles. The molecule has 0 unspecified atom stereocenters. The summed E-state index contributed by atoms with van der Waals surface area (Å²) in [5.74, 6) is 1.06. The summed E-state index contributed by atoms with van der Waals surface area (Å²) in [6, 6.07) is 9.86. The number of aromatic nitrogens is 1. The van der Waals surface area contributed by atoms with Crippen LogP contribution in [0.15, 0.2) is 36.4 Å². The van der Waals surface area contributed by atoms with Gasteiger partial charge in [-0.05, 0) is 36.6 Å². The number of hydrogen-bond donors (Lipinski definition) is 2. The summed E-state index contributed by atoms with van der Waals surface area (Å²) in [4.78, 5) is 16.4. The number of ether oxygens (including phenoxy) is 3. The number of benzene rings is 2. The van der Waals surface area contributed by atoms with Crippen molar-refractivity contribution in [3.8, 4) is 17.2 Å². The summed E-state index contributed by atoms with van der Waals surface area (Å²) >= 11 is 0. The van der Waals surface area contributed by atoms with E-state index in [1.807, 2.05) is 0 Å². The van der Waals surface area contributed by atoms with Gasteiger partial charge in [-0.2, -0.15) is 0 Å². The van der Waals surface area contributed by atoms with Crippen molar-refractivity contribution < 1.29 is 23.4 Å². The molecule has 0 radical (unpaired) electrons. The number of methoxy groups -OCH3 is 3. The zero-order chi connectivity index (χ0) is 21.3. The fourth-order valence-electron chi connectivity index (χ4n) is 4.38. The standard InChI is InChI=1S/C23H25FN2O4/c1-28-18-13-19(29-2)21(30-3)20-16(18)12-17(25-20)22(27)26-23(10-4-5-11-23)14-6-8-15(24)9-7-14/h6-9,12-13,25H,4-5,10-11H2,1-3H3,(H,26,27). The third-order valence-electron chi connectivity index (χ3n) is 5.89. The van der Waals surface area contributed by atoms with Crippen molar-refractivity contribution >= 4 is 16.8 Å². The van der Waals surface area contributed by atoms with Gasteiger partial charge in [-0.15, -0.1) is 0 Å². The van der Waals surface area contributed by atoms with E-state index in [1.165, 1.54) is 12.1 Å². The van der Waals surface area contributed by atoms with E-state index in [2.05, 4.69) is 10.3 Å². The monoisotopic (exact) mass is 412 g/mol. The van der Waals surface area contributed by atoms with E-state index >= 15 is 0 Å². The van der Waals surface area contributed by atoms with E-state index in [4.69, 9.17) is 14.2 Å². The largest absolute Gasteiger partial charge is 0.496 e. The van der Waals surface area contributed by atoms with Crippen LogP contribution in [0.2, 0.25) is 0 Å². The maximum absolute atomic E-state index is 13.4. The Morgan fingerprint density at radius 1 is 1.00 bits per heavy atom. The average molecular weight is 412 g/mol. The lowest BCUT2D eigenvalue weighted by Crippen LogP contribution is -2.43. The second-order valence-corrected chi connectivity index (χ2v) is 7.54. The summed E-state index contributed by atoms with van der Waals surface area (Å²) in [6.45, 7) is 0. The molecule has 0 saturated heterocycles. The van der Waals surface area contributed by atoms with Crippen molar-refractivity contribution in [1.82, 2.24) is 10.3 Å². The van der Waals surface area contributed by atoms with Gasteiger partial charge in [0.1, 0.15) is 17.3 Å². The van der Waals surface area contributed by atoms with Crippen LogP contribution in [0.5, 0.6) is 17.2 Å². The Bertz CT molecular complexity index is 1070. The number of hydrogen-bond acceptors (Lipinski definition) is 4. The Balaban J connectivity index is 1.73. The average Bonchev–Trinajstić information content (AvgIpc) is 3.41. The highest BCUT2D eigenvalue weighted by Crippen LogP contribution is 2.42. The first-order chi connectivity index (χ1) is 14.5. The summed E-state index contributed by atoms with van der Waals surface area (Å²) < 4.78 is 29.8. The van der Waals surface area contributed by atoms with Crippen LogP contribution in [0, 0.1) is 5.82 Å². The normalized spacial score (nSPS) is 15.2. The minimum absolute atomic E-state index is 0.236. The van der Waals surface area contributed by atoms with Crippen LogP contribution < -0.4 is 19.5 Å². The lowest BCUT2D eigenvalue weighted by atomic mass is 9.88. The number of amides is 1. The van der Waals surface area contributed by atoms with Gasteiger partial charge in [-0.1, -0.05) is 25.0 Å². The number of halogens is 1. The Morgan fingerprint density at radius 2 is 1.67 bits per heavy atom. The number of carbonyl (C=O) groups is 1. The van der Waals surface area contributed by atoms with Crippen molar-refractivity contribution in [3.63, 3.8) is 0 Å². The Morgan fingerprint density at radius 3 is 2.27 bits per heavy atom. The molecular weight excluding hydrogens is 387 g/mol. The first kappa shape index (κ1) is 20.1. The second kappa shape index (κ2) is 7.89.